The second kappa shape index (κ2) is 3.86. The molecule has 0 bridgehead atoms. The average molecular weight is 200 g/mol. The Labute approximate surface area is 79.0 Å². The van der Waals surface area contributed by atoms with Gasteiger partial charge in [-0.05, 0) is 12.1 Å². The maximum atomic E-state index is 10.5. The fourth-order valence-corrected chi connectivity index (χ4v) is 0.970. The highest BCUT2D eigenvalue weighted by atomic mass is 35.5. The number of nitro groups is 1. The van der Waals surface area contributed by atoms with Crippen molar-refractivity contribution in [2.45, 2.75) is 0 Å². The second-order valence-electron chi connectivity index (χ2n) is 2.22. The van der Waals surface area contributed by atoms with E-state index in [0.29, 0.717) is 5.56 Å². The van der Waals surface area contributed by atoms with E-state index >= 15 is 0 Å². The van der Waals surface area contributed by atoms with Crippen LogP contribution in [0, 0.1) is 10.1 Å². The Morgan fingerprint density at radius 3 is 2.92 bits per heavy atom. The maximum Gasteiger partial charge on any atom is 0.294 e. The largest absolute Gasteiger partial charge is 0.384 e. The van der Waals surface area contributed by atoms with Gasteiger partial charge in [-0.2, -0.15) is 0 Å². The lowest BCUT2D eigenvalue weighted by Crippen LogP contribution is -1.96. The number of rotatable bonds is 2. The van der Waals surface area contributed by atoms with E-state index in [1.54, 1.807) is 0 Å². The molecule has 13 heavy (non-hydrogen) atoms. The standard InChI is InChI=1S/C7H6ClN3O2/c8-2-1-5-3-7(9)10-4-6(5)11(12)13/h1-4H,(H2,9,10). The molecule has 0 fully saturated rings. The minimum absolute atomic E-state index is 0.119. The Kier molecular flexibility index (Phi) is 2.81. The van der Waals surface area contributed by atoms with Crippen LogP contribution < -0.4 is 5.73 Å². The molecule has 0 unspecified atom stereocenters. The van der Waals surface area contributed by atoms with Crippen molar-refractivity contribution in [3.8, 4) is 0 Å². The zero-order valence-electron chi connectivity index (χ0n) is 6.48. The molecule has 0 saturated carbocycles. The minimum atomic E-state index is -0.543. The van der Waals surface area contributed by atoms with E-state index in [4.69, 9.17) is 17.3 Å². The van der Waals surface area contributed by atoms with Crippen molar-refractivity contribution in [1.29, 1.82) is 0 Å². The number of pyridine rings is 1. The van der Waals surface area contributed by atoms with E-state index < -0.39 is 4.92 Å². The van der Waals surface area contributed by atoms with Crippen LogP contribution >= 0.6 is 11.6 Å². The van der Waals surface area contributed by atoms with Crippen molar-refractivity contribution in [3.63, 3.8) is 0 Å². The summed E-state index contributed by atoms with van der Waals surface area (Å²) in [5, 5.41) is 10.5. The van der Waals surface area contributed by atoms with Crippen LogP contribution in [0.3, 0.4) is 0 Å². The van der Waals surface area contributed by atoms with Crippen LogP contribution in [-0.2, 0) is 0 Å². The molecule has 5 nitrogen and oxygen atoms in total. The Bertz CT molecular complexity index is 365. The summed E-state index contributed by atoms with van der Waals surface area (Å²) in [6.07, 6.45) is 2.49. The molecule has 0 radical (unpaired) electrons. The van der Waals surface area contributed by atoms with Crippen LogP contribution in [-0.4, -0.2) is 9.91 Å². The fourth-order valence-electron chi connectivity index (χ4n) is 0.835. The van der Waals surface area contributed by atoms with Crippen molar-refractivity contribution in [3.05, 3.63) is 33.5 Å². The summed E-state index contributed by atoms with van der Waals surface area (Å²) in [7, 11) is 0. The van der Waals surface area contributed by atoms with Gasteiger partial charge in [0, 0.05) is 5.54 Å². The van der Waals surface area contributed by atoms with Gasteiger partial charge in [-0.15, -0.1) is 0 Å². The van der Waals surface area contributed by atoms with Gasteiger partial charge in [0.15, 0.2) is 0 Å². The van der Waals surface area contributed by atoms with Gasteiger partial charge in [0.05, 0.1) is 10.5 Å². The highest BCUT2D eigenvalue weighted by Crippen LogP contribution is 2.20. The molecule has 1 rings (SSSR count). The molecule has 0 aliphatic rings. The lowest BCUT2D eigenvalue weighted by atomic mass is 10.2. The van der Waals surface area contributed by atoms with Crippen molar-refractivity contribution >= 4 is 29.2 Å². The van der Waals surface area contributed by atoms with Crippen LogP contribution in [0.15, 0.2) is 17.8 Å². The van der Waals surface area contributed by atoms with Gasteiger partial charge >= 0.3 is 0 Å². The van der Waals surface area contributed by atoms with Crippen molar-refractivity contribution in [1.82, 2.24) is 4.98 Å². The molecule has 68 valence electrons. The molecule has 0 aliphatic carbocycles. The molecule has 1 heterocycles. The van der Waals surface area contributed by atoms with E-state index in [-0.39, 0.29) is 11.5 Å². The lowest BCUT2D eigenvalue weighted by molar-refractivity contribution is -0.385. The number of nitrogen functional groups attached to an aromatic ring is 1. The third-order valence-electron chi connectivity index (χ3n) is 1.37. The third-order valence-corrected chi connectivity index (χ3v) is 1.50. The van der Waals surface area contributed by atoms with E-state index in [1.165, 1.54) is 17.7 Å². The quantitative estimate of drug-likeness (QED) is 0.581. The van der Waals surface area contributed by atoms with Gasteiger partial charge in [-0.25, -0.2) is 4.98 Å². The third kappa shape index (κ3) is 2.16. The number of nitrogens with two attached hydrogens (primary N) is 1. The molecule has 0 amide bonds. The highest BCUT2D eigenvalue weighted by Gasteiger charge is 2.11. The summed E-state index contributed by atoms with van der Waals surface area (Å²) in [6, 6.07) is 1.39. The number of hydrogen-bond acceptors (Lipinski definition) is 4. The predicted molar refractivity (Wildman–Crippen MR) is 50.2 cm³/mol. The number of aromatic nitrogens is 1. The Hall–Kier alpha value is -1.62. The van der Waals surface area contributed by atoms with E-state index in [2.05, 4.69) is 4.98 Å². The smallest absolute Gasteiger partial charge is 0.294 e. The maximum absolute atomic E-state index is 10.5. The topological polar surface area (TPSA) is 82.0 Å². The summed E-state index contributed by atoms with van der Waals surface area (Å²) in [5.41, 5.74) is 6.75. The summed E-state index contributed by atoms with van der Waals surface area (Å²) in [6.45, 7) is 0. The van der Waals surface area contributed by atoms with Crippen LogP contribution in [0.25, 0.3) is 6.08 Å². The number of halogens is 1. The molecule has 0 aromatic carbocycles. The number of hydrogen-bond donors (Lipinski definition) is 1. The van der Waals surface area contributed by atoms with Crippen LogP contribution in [0.2, 0.25) is 0 Å². The van der Waals surface area contributed by atoms with E-state index in [1.807, 2.05) is 0 Å². The molecular formula is C7H6ClN3O2. The van der Waals surface area contributed by atoms with Crippen molar-refractivity contribution in [2.24, 2.45) is 0 Å². The first-order chi connectivity index (χ1) is 6.15. The van der Waals surface area contributed by atoms with Gasteiger partial charge in [0.25, 0.3) is 5.69 Å². The molecule has 2 N–H and O–H groups in total. The van der Waals surface area contributed by atoms with Gasteiger partial charge in [-0.3, -0.25) is 10.1 Å². The minimum Gasteiger partial charge on any atom is -0.384 e. The summed E-state index contributed by atoms with van der Waals surface area (Å²) < 4.78 is 0. The molecule has 0 saturated heterocycles. The van der Waals surface area contributed by atoms with Crippen LogP contribution in [0.4, 0.5) is 11.5 Å². The molecule has 6 heteroatoms. The molecule has 1 aromatic heterocycles. The normalized spacial score (nSPS) is 10.5. The van der Waals surface area contributed by atoms with Gasteiger partial charge in [-0.1, -0.05) is 11.6 Å². The first-order valence-electron chi connectivity index (χ1n) is 3.32. The highest BCUT2D eigenvalue weighted by molar-refractivity contribution is 6.27. The molecule has 0 spiro atoms. The number of nitrogens with zero attached hydrogens (tertiary/aromatic N) is 2. The summed E-state index contributed by atoms with van der Waals surface area (Å²) in [5.74, 6) is 0.218. The molecule has 0 aliphatic heterocycles. The summed E-state index contributed by atoms with van der Waals surface area (Å²) in [4.78, 5) is 13.5. The van der Waals surface area contributed by atoms with Crippen LogP contribution in [0.1, 0.15) is 5.56 Å². The average Bonchev–Trinajstić information content (AvgIpc) is 2.04. The number of anilines is 1. The molecule has 1 aromatic rings. The Morgan fingerprint density at radius 1 is 1.69 bits per heavy atom. The predicted octanol–water partition coefficient (Wildman–Crippen LogP) is 1.78. The van der Waals surface area contributed by atoms with E-state index in [9.17, 15) is 10.1 Å². The van der Waals surface area contributed by atoms with Crippen molar-refractivity contribution in [2.75, 3.05) is 5.73 Å². The van der Waals surface area contributed by atoms with E-state index in [0.717, 1.165) is 6.20 Å². The SMILES string of the molecule is Nc1cc(C=CCl)c([N+](=O)[O-])cn1. The molecular weight excluding hydrogens is 194 g/mol. The van der Waals surface area contributed by atoms with Gasteiger partial charge in [0.1, 0.15) is 12.0 Å². The molecule has 0 atom stereocenters. The second-order valence-corrected chi connectivity index (χ2v) is 2.47. The zero-order chi connectivity index (χ0) is 9.84. The Morgan fingerprint density at radius 2 is 2.38 bits per heavy atom. The zero-order valence-corrected chi connectivity index (χ0v) is 7.23. The first kappa shape index (κ1) is 9.47. The van der Waals surface area contributed by atoms with Crippen LogP contribution in [0.5, 0.6) is 0 Å². The Balaban J connectivity index is 3.26. The van der Waals surface area contributed by atoms with Crippen molar-refractivity contribution < 1.29 is 4.92 Å². The fraction of sp³-hybridized carbons (Fsp3) is 0. The monoisotopic (exact) mass is 199 g/mol. The lowest BCUT2D eigenvalue weighted by Gasteiger charge is -1.97. The summed E-state index contributed by atoms with van der Waals surface area (Å²) >= 11 is 5.30. The van der Waals surface area contributed by atoms with Gasteiger partial charge in [0.2, 0.25) is 0 Å². The van der Waals surface area contributed by atoms with Gasteiger partial charge < -0.3 is 5.73 Å². The first-order valence-corrected chi connectivity index (χ1v) is 3.75.